The van der Waals surface area contributed by atoms with Gasteiger partial charge in [0.2, 0.25) is 5.75 Å². The van der Waals surface area contributed by atoms with Crippen LogP contribution in [-0.4, -0.2) is 28.4 Å². The minimum absolute atomic E-state index is 0.0390. The highest BCUT2D eigenvalue weighted by Crippen LogP contribution is 2.29. The maximum atomic E-state index is 12.7. The van der Waals surface area contributed by atoms with E-state index in [1.807, 2.05) is 25.1 Å². The fourth-order valence-electron chi connectivity index (χ4n) is 2.45. The van der Waals surface area contributed by atoms with Gasteiger partial charge >= 0.3 is 0 Å². The zero-order valence-corrected chi connectivity index (χ0v) is 14.3. The lowest BCUT2D eigenvalue weighted by Crippen LogP contribution is -2.32. The Balaban J connectivity index is 1.96. The number of H-pyrrole nitrogens is 1. The molecule has 8 heteroatoms. The summed E-state index contributed by atoms with van der Waals surface area (Å²) < 4.78 is 23.7. The predicted octanol–water partition coefficient (Wildman–Crippen LogP) is 1.83. The number of hydrogen-bond acceptors (Lipinski definition) is 5. The van der Waals surface area contributed by atoms with E-state index in [1.54, 1.807) is 0 Å². The van der Waals surface area contributed by atoms with Crippen molar-refractivity contribution in [3.63, 3.8) is 0 Å². The second kappa shape index (κ2) is 6.48. The highest BCUT2D eigenvalue weighted by atomic mass is 32.2. The van der Waals surface area contributed by atoms with Crippen LogP contribution in [0.2, 0.25) is 0 Å². The van der Waals surface area contributed by atoms with Crippen LogP contribution in [0.3, 0.4) is 0 Å². The first kappa shape index (κ1) is 16.3. The van der Waals surface area contributed by atoms with Crippen LogP contribution in [-0.2, 0) is 16.6 Å². The molecule has 0 amide bonds. The van der Waals surface area contributed by atoms with Crippen molar-refractivity contribution in [2.75, 3.05) is 14.2 Å². The van der Waals surface area contributed by atoms with Crippen molar-refractivity contribution in [3.05, 3.63) is 46.9 Å². The van der Waals surface area contributed by atoms with Gasteiger partial charge in [-0.1, -0.05) is 6.07 Å². The van der Waals surface area contributed by atoms with Gasteiger partial charge in [-0.3, -0.25) is 4.21 Å². The number of fused-ring (bicyclic) bond motifs is 1. The molecule has 0 saturated heterocycles. The van der Waals surface area contributed by atoms with Gasteiger partial charge in [0.1, 0.15) is 5.75 Å². The lowest BCUT2D eigenvalue weighted by molar-refractivity contribution is -0.613. The highest BCUT2D eigenvalue weighted by Gasteiger charge is 2.23. The Labute approximate surface area is 141 Å². The van der Waals surface area contributed by atoms with Gasteiger partial charge in [0.05, 0.1) is 36.1 Å². The molecule has 3 aromatic rings. The van der Waals surface area contributed by atoms with Crippen molar-refractivity contribution in [1.82, 2.24) is 9.97 Å². The summed E-state index contributed by atoms with van der Waals surface area (Å²) in [4.78, 5) is 7.39. The third-order valence-corrected chi connectivity index (χ3v) is 4.80. The average molecular weight is 347 g/mol. The summed E-state index contributed by atoms with van der Waals surface area (Å²) in [6.07, 6.45) is 1.30. The van der Waals surface area contributed by atoms with Gasteiger partial charge in [-0.05, 0) is 24.6 Å². The fourth-order valence-corrected chi connectivity index (χ4v) is 3.52. The molecule has 0 unspecified atom stereocenters. The summed E-state index contributed by atoms with van der Waals surface area (Å²) in [6, 6.07) is 7.24. The van der Waals surface area contributed by atoms with Gasteiger partial charge in [-0.2, -0.15) is 4.73 Å². The van der Waals surface area contributed by atoms with Crippen LogP contribution in [0.25, 0.3) is 11.0 Å². The van der Waals surface area contributed by atoms with Crippen LogP contribution in [0.4, 0.5) is 0 Å². The summed E-state index contributed by atoms with van der Waals surface area (Å²) in [5, 5.41) is 12.4. The molecule has 7 nitrogen and oxygen atoms in total. The topological polar surface area (TPSA) is 91.1 Å². The number of aromatic nitrogens is 3. The molecule has 0 bridgehead atoms. The van der Waals surface area contributed by atoms with E-state index in [2.05, 4.69) is 9.97 Å². The Morgan fingerprint density at radius 1 is 1.29 bits per heavy atom. The molecular weight excluding hydrogens is 330 g/mol. The molecule has 0 saturated carbocycles. The van der Waals surface area contributed by atoms with Crippen molar-refractivity contribution < 1.29 is 18.4 Å². The first-order chi connectivity index (χ1) is 11.5. The maximum absolute atomic E-state index is 12.7. The first-order valence-corrected chi connectivity index (χ1v) is 8.53. The third-order valence-electron chi connectivity index (χ3n) is 3.64. The number of ether oxygens (including phenoxy) is 2. The van der Waals surface area contributed by atoms with Crippen molar-refractivity contribution in [2.45, 2.75) is 17.8 Å². The van der Waals surface area contributed by atoms with Crippen molar-refractivity contribution in [3.8, 4) is 11.5 Å². The number of methoxy groups -OCH3 is 2. The van der Waals surface area contributed by atoms with Gasteiger partial charge < -0.3 is 19.7 Å². The standard InChI is InChI=1S/C16H17N3O4S/c1-10-4-5-11-12(8-10)18-16(17-11)24(21)9-13-15(23-3)14(22-2)6-7-19(13)20/h4-8H,9H2,1-3H3,(H,17,18)/t24-/m0/s1. The number of hydrogen-bond donors (Lipinski definition) is 1. The van der Waals surface area contributed by atoms with Gasteiger partial charge in [-0.25, -0.2) is 4.98 Å². The Kier molecular flexibility index (Phi) is 4.39. The Morgan fingerprint density at radius 3 is 2.79 bits per heavy atom. The number of nitrogens with one attached hydrogen (secondary N) is 1. The number of benzene rings is 1. The zero-order valence-electron chi connectivity index (χ0n) is 13.5. The highest BCUT2D eigenvalue weighted by molar-refractivity contribution is 7.84. The molecule has 0 spiro atoms. The Hall–Kier alpha value is -2.61. The molecular formula is C16H17N3O4S. The van der Waals surface area contributed by atoms with E-state index in [1.165, 1.54) is 26.5 Å². The van der Waals surface area contributed by atoms with E-state index in [0.29, 0.717) is 15.6 Å². The minimum atomic E-state index is -1.53. The molecule has 1 atom stereocenters. The molecule has 2 aromatic heterocycles. The quantitative estimate of drug-likeness (QED) is 0.562. The van der Waals surface area contributed by atoms with Gasteiger partial charge in [0.25, 0.3) is 5.69 Å². The SMILES string of the molecule is COc1cc[n+]([O-])c(C[S@](=O)c2nc3ccc(C)cc3[nH]2)c1OC. The van der Waals surface area contributed by atoms with E-state index in [9.17, 15) is 9.42 Å². The monoisotopic (exact) mass is 347 g/mol. The van der Waals surface area contributed by atoms with E-state index in [4.69, 9.17) is 9.47 Å². The van der Waals surface area contributed by atoms with E-state index >= 15 is 0 Å². The first-order valence-electron chi connectivity index (χ1n) is 7.21. The van der Waals surface area contributed by atoms with E-state index in [-0.39, 0.29) is 17.2 Å². The van der Waals surface area contributed by atoms with Crippen molar-refractivity contribution >= 4 is 21.8 Å². The molecule has 0 aliphatic heterocycles. The molecule has 24 heavy (non-hydrogen) atoms. The predicted molar refractivity (Wildman–Crippen MR) is 89.4 cm³/mol. The number of imidazole rings is 1. The molecule has 0 aliphatic rings. The van der Waals surface area contributed by atoms with Crippen LogP contribution < -0.4 is 14.2 Å². The summed E-state index contributed by atoms with van der Waals surface area (Å²) in [5.41, 5.74) is 2.85. The van der Waals surface area contributed by atoms with Crippen LogP contribution in [0.1, 0.15) is 11.3 Å². The maximum Gasteiger partial charge on any atom is 0.251 e. The summed E-state index contributed by atoms with van der Waals surface area (Å²) in [6.45, 7) is 1.97. The molecule has 1 aromatic carbocycles. The lowest BCUT2D eigenvalue weighted by Gasteiger charge is -2.11. The van der Waals surface area contributed by atoms with Crippen LogP contribution >= 0.6 is 0 Å². The Bertz CT molecular complexity index is 923. The second-order valence-corrected chi connectivity index (χ2v) is 6.61. The van der Waals surface area contributed by atoms with Crippen molar-refractivity contribution in [1.29, 1.82) is 0 Å². The fraction of sp³-hybridized carbons (Fsp3) is 0.250. The number of pyridine rings is 1. The largest absolute Gasteiger partial charge is 0.618 e. The molecule has 0 aliphatic carbocycles. The smallest absolute Gasteiger partial charge is 0.251 e. The molecule has 0 radical (unpaired) electrons. The molecule has 1 N–H and O–H groups in total. The van der Waals surface area contributed by atoms with Crippen LogP contribution in [0, 0.1) is 12.1 Å². The summed E-state index contributed by atoms with van der Waals surface area (Å²) in [7, 11) is 1.39. The van der Waals surface area contributed by atoms with Gasteiger partial charge in [0.15, 0.2) is 17.1 Å². The minimum Gasteiger partial charge on any atom is -0.618 e. The normalized spacial score (nSPS) is 12.3. The van der Waals surface area contributed by atoms with Crippen LogP contribution in [0.15, 0.2) is 35.6 Å². The summed E-state index contributed by atoms with van der Waals surface area (Å²) in [5.74, 6) is 0.648. The van der Waals surface area contributed by atoms with Gasteiger partial charge in [-0.15, -0.1) is 0 Å². The van der Waals surface area contributed by atoms with Gasteiger partial charge in [0, 0.05) is 6.07 Å². The number of nitrogens with zero attached hydrogens (tertiary/aromatic N) is 2. The lowest BCUT2D eigenvalue weighted by atomic mass is 10.2. The van der Waals surface area contributed by atoms with Crippen molar-refractivity contribution in [2.24, 2.45) is 0 Å². The van der Waals surface area contributed by atoms with E-state index < -0.39 is 10.8 Å². The number of rotatable bonds is 5. The molecule has 2 heterocycles. The third kappa shape index (κ3) is 2.92. The zero-order chi connectivity index (χ0) is 17.3. The van der Waals surface area contributed by atoms with Crippen LogP contribution in [0.5, 0.6) is 11.5 Å². The molecule has 0 fully saturated rings. The number of aromatic amines is 1. The van der Waals surface area contributed by atoms with E-state index in [0.717, 1.165) is 16.6 Å². The molecule has 3 rings (SSSR count). The second-order valence-electron chi connectivity index (χ2n) is 5.24. The Morgan fingerprint density at radius 2 is 2.08 bits per heavy atom. The number of aryl methyl sites for hydroxylation is 1. The average Bonchev–Trinajstić information content (AvgIpc) is 2.99. The summed E-state index contributed by atoms with van der Waals surface area (Å²) >= 11 is 0. The molecule has 126 valence electrons.